The van der Waals surface area contributed by atoms with E-state index in [0.29, 0.717) is 5.41 Å². The fourth-order valence-corrected chi connectivity index (χ4v) is 0.943. The molecule has 0 aliphatic carbocycles. The average Bonchev–Trinajstić information content (AvgIpc) is 2.15. The molecule has 0 aliphatic heterocycles. The predicted molar refractivity (Wildman–Crippen MR) is 65.0 cm³/mol. The lowest BCUT2D eigenvalue weighted by molar-refractivity contribution is 0.242. The monoisotopic (exact) mass is 228 g/mol. The van der Waals surface area contributed by atoms with Gasteiger partial charge >= 0.3 is 0 Å². The lowest BCUT2D eigenvalue weighted by Crippen LogP contribution is -2.16. The van der Waals surface area contributed by atoms with Gasteiger partial charge < -0.3 is 0 Å². The number of hydrogen-bond acceptors (Lipinski definition) is 4. The Bertz CT molecular complexity index is 196. The highest BCUT2D eigenvalue weighted by molar-refractivity contribution is 5.26. The highest BCUT2D eigenvalue weighted by Crippen LogP contribution is 2.29. The molecule has 1 atom stereocenters. The summed E-state index contributed by atoms with van der Waals surface area (Å²) >= 11 is 0. The van der Waals surface area contributed by atoms with E-state index in [1.165, 1.54) is 19.3 Å². The van der Waals surface area contributed by atoms with E-state index >= 15 is 0 Å². The van der Waals surface area contributed by atoms with Crippen molar-refractivity contribution < 1.29 is 9.59 Å². The quantitative estimate of drug-likeness (QED) is 0.570. The van der Waals surface area contributed by atoms with E-state index in [1.54, 1.807) is 0 Å². The van der Waals surface area contributed by atoms with E-state index < -0.39 is 0 Å². The second kappa shape index (κ2) is 13.8. The summed E-state index contributed by atoms with van der Waals surface area (Å²) in [5.74, 6) is 0.868. The van der Waals surface area contributed by atoms with Crippen LogP contribution in [0, 0.1) is 22.2 Å². The summed E-state index contributed by atoms with van der Waals surface area (Å²) in [6, 6.07) is 0. The third kappa shape index (κ3) is 23.0. The highest BCUT2D eigenvalue weighted by Gasteiger charge is 2.18. The van der Waals surface area contributed by atoms with E-state index in [0.717, 1.165) is 18.1 Å². The Kier molecular flexibility index (Phi) is 17.4. The number of unbranched alkanes of at least 4 members (excludes halogenated alkanes) is 1. The van der Waals surface area contributed by atoms with Gasteiger partial charge in [-0.25, -0.2) is 20.4 Å². The number of hydrogen-bond donors (Lipinski definition) is 2. The van der Waals surface area contributed by atoms with Crippen LogP contribution in [0.15, 0.2) is 0 Å². The van der Waals surface area contributed by atoms with Gasteiger partial charge in [-0.05, 0) is 11.3 Å². The van der Waals surface area contributed by atoms with Crippen molar-refractivity contribution in [2.45, 2.75) is 53.9 Å². The molecule has 1 unspecified atom stereocenters. The summed E-state index contributed by atoms with van der Waals surface area (Å²) in [5.41, 5.74) is 0.509. The molecule has 0 saturated heterocycles. The molecule has 2 N–H and O–H groups in total. The molecule has 4 nitrogen and oxygen atoms in total. The predicted octanol–water partition coefficient (Wildman–Crippen LogP) is 3.66. The SMILES string of the molecule is CCCCC(C)C(C)(C)C.N=C=O.N=C=O. The van der Waals surface area contributed by atoms with Crippen LogP contribution in [0.5, 0.6) is 0 Å². The summed E-state index contributed by atoms with van der Waals surface area (Å²) in [7, 11) is 0. The minimum Gasteiger partial charge on any atom is -0.222 e. The van der Waals surface area contributed by atoms with Crippen molar-refractivity contribution in [3.63, 3.8) is 0 Å². The Morgan fingerprint density at radius 3 is 1.62 bits per heavy atom. The molecule has 0 bridgehead atoms. The van der Waals surface area contributed by atoms with E-state index in [9.17, 15) is 0 Å². The van der Waals surface area contributed by atoms with E-state index in [4.69, 9.17) is 20.4 Å². The Labute approximate surface area is 98.5 Å². The first-order valence-electron chi connectivity index (χ1n) is 5.39. The Balaban J connectivity index is -0.000000235. The van der Waals surface area contributed by atoms with Crippen LogP contribution in [-0.2, 0) is 9.59 Å². The molecule has 0 spiro atoms. The zero-order valence-electron chi connectivity index (χ0n) is 11.0. The van der Waals surface area contributed by atoms with Gasteiger partial charge in [0.2, 0.25) is 12.2 Å². The minimum absolute atomic E-state index is 0.509. The van der Waals surface area contributed by atoms with Crippen molar-refractivity contribution in [3.05, 3.63) is 0 Å². The molecule has 4 heteroatoms. The van der Waals surface area contributed by atoms with Gasteiger partial charge in [0.25, 0.3) is 0 Å². The van der Waals surface area contributed by atoms with Gasteiger partial charge in [-0.15, -0.1) is 0 Å². The second-order valence-corrected chi connectivity index (χ2v) is 4.61. The van der Waals surface area contributed by atoms with Crippen LogP contribution < -0.4 is 0 Å². The molecule has 16 heavy (non-hydrogen) atoms. The molecule has 0 heterocycles. The number of carbonyl (C=O) groups excluding carboxylic acids is 2. The molecule has 0 saturated carbocycles. The summed E-state index contributed by atoms with van der Waals surface area (Å²) in [5, 5.41) is 10.8. The molecule has 0 rings (SSSR count). The van der Waals surface area contributed by atoms with E-state index in [2.05, 4.69) is 34.6 Å². The van der Waals surface area contributed by atoms with Gasteiger partial charge in [-0.1, -0.05) is 53.9 Å². The normalized spacial score (nSPS) is 10.6. The fourth-order valence-electron chi connectivity index (χ4n) is 0.943. The zero-order chi connectivity index (χ0) is 13.6. The van der Waals surface area contributed by atoms with Crippen LogP contribution >= 0.6 is 0 Å². The van der Waals surface area contributed by atoms with Crippen LogP contribution in [0.2, 0.25) is 0 Å². The lowest BCUT2D eigenvalue weighted by atomic mass is 9.79. The van der Waals surface area contributed by atoms with Gasteiger partial charge in [0.05, 0.1) is 0 Å². The summed E-state index contributed by atoms with van der Waals surface area (Å²) in [6.45, 7) is 11.6. The van der Waals surface area contributed by atoms with Crippen LogP contribution in [0.3, 0.4) is 0 Å². The molecule has 0 amide bonds. The second-order valence-electron chi connectivity index (χ2n) is 4.61. The third-order valence-corrected chi connectivity index (χ3v) is 2.47. The fraction of sp³-hybridized carbons (Fsp3) is 0.833. The van der Waals surface area contributed by atoms with Crippen molar-refractivity contribution in [2.24, 2.45) is 11.3 Å². The third-order valence-electron chi connectivity index (χ3n) is 2.47. The standard InChI is InChI=1S/C10H22.2CHNO/c1-6-7-8-9(2)10(3,4)5;2*2-1-3/h9H,6-8H2,1-5H3;2*2H. The topological polar surface area (TPSA) is 81.8 Å². The summed E-state index contributed by atoms with van der Waals surface area (Å²) in [4.78, 5) is 16.7. The van der Waals surface area contributed by atoms with Gasteiger partial charge in [-0.3, -0.25) is 0 Å². The van der Waals surface area contributed by atoms with Crippen molar-refractivity contribution in [3.8, 4) is 0 Å². The number of nitrogens with one attached hydrogen (secondary N) is 2. The van der Waals surface area contributed by atoms with E-state index in [1.807, 2.05) is 0 Å². The maximum Gasteiger partial charge on any atom is 0.231 e. The molecule has 0 aromatic carbocycles. The molecule has 0 fully saturated rings. The largest absolute Gasteiger partial charge is 0.231 e. The van der Waals surface area contributed by atoms with Gasteiger partial charge in [-0.2, -0.15) is 0 Å². The summed E-state index contributed by atoms with van der Waals surface area (Å²) in [6.07, 6.45) is 5.61. The molecule has 0 aromatic heterocycles. The molecule has 0 aromatic rings. The molecule has 0 radical (unpaired) electrons. The first-order valence-corrected chi connectivity index (χ1v) is 5.39. The highest BCUT2D eigenvalue weighted by atomic mass is 16.1. The van der Waals surface area contributed by atoms with Crippen molar-refractivity contribution in [1.82, 2.24) is 0 Å². The maximum atomic E-state index is 8.35. The Hall–Kier alpha value is -1.24. The first-order chi connectivity index (χ1) is 7.31. The van der Waals surface area contributed by atoms with Crippen molar-refractivity contribution in [2.75, 3.05) is 0 Å². The Morgan fingerprint density at radius 1 is 1.12 bits per heavy atom. The minimum atomic E-state index is 0.509. The molecular formula is C12H24N2O2. The zero-order valence-corrected chi connectivity index (χ0v) is 11.0. The van der Waals surface area contributed by atoms with Crippen LogP contribution in [0.1, 0.15) is 53.9 Å². The van der Waals surface area contributed by atoms with Crippen LogP contribution in [0.25, 0.3) is 0 Å². The molecule has 94 valence electrons. The number of rotatable bonds is 3. The van der Waals surface area contributed by atoms with Crippen molar-refractivity contribution >= 4 is 12.2 Å². The lowest BCUT2D eigenvalue weighted by Gasteiger charge is -2.26. The van der Waals surface area contributed by atoms with Gasteiger partial charge in [0.1, 0.15) is 0 Å². The van der Waals surface area contributed by atoms with Crippen molar-refractivity contribution in [1.29, 1.82) is 10.8 Å². The average molecular weight is 228 g/mol. The number of isocyanates is 2. The van der Waals surface area contributed by atoms with E-state index in [-0.39, 0.29) is 0 Å². The first kappa shape index (κ1) is 20.2. The van der Waals surface area contributed by atoms with Gasteiger partial charge in [0.15, 0.2) is 0 Å². The maximum absolute atomic E-state index is 8.35. The molecule has 0 aliphatic rings. The molecular weight excluding hydrogens is 204 g/mol. The van der Waals surface area contributed by atoms with Gasteiger partial charge in [0, 0.05) is 0 Å². The smallest absolute Gasteiger partial charge is 0.222 e. The van der Waals surface area contributed by atoms with Crippen LogP contribution in [-0.4, -0.2) is 12.2 Å². The Morgan fingerprint density at radius 2 is 1.44 bits per heavy atom. The van der Waals surface area contributed by atoms with Crippen LogP contribution in [0.4, 0.5) is 0 Å². The summed E-state index contributed by atoms with van der Waals surface area (Å²) < 4.78 is 0.